The van der Waals surface area contributed by atoms with Crippen LogP contribution >= 0.6 is 11.6 Å². The van der Waals surface area contributed by atoms with Gasteiger partial charge in [0.05, 0.1) is 0 Å². The molecule has 0 aromatic rings. The maximum absolute atomic E-state index is 5.65. The first kappa shape index (κ1) is 9.34. The van der Waals surface area contributed by atoms with Crippen molar-refractivity contribution in [2.24, 2.45) is 0 Å². The van der Waals surface area contributed by atoms with Gasteiger partial charge < -0.3 is 4.90 Å². The minimum Gasteiger partial charge on any atom is -0.303 e. The van der Waals surface area contributed by atoms with Gasteiger partial charge in [0.15, 0.2) is 0 Å². The minimum absolute atomic E-state index is 0.822. The number of nitrogens with zero attached hydrogens (tertiary/aromatic N) is 1. The molecule has 1 saturated heterocycles. The SMILES string of the molecule is CN1CCCCC1CCCCl. The van der Waals surface area contributed by atoms with Crippen LogP contribution in [0.25, 0.3) is 0 Å². The summed E-state index contributed by atoms with van der Waals surface area (Å²) in [6, 6.07) is 0.822. The molecule has 0 aromatic carbocycles. The van der Waals surface area contributed by atoms with Gasteiger partial charge >= 0.3 is 0 Å². The van der Waals surface area contributed by atoms with Crippen LogP contribution in [0.2, 0.25) is 0 Å². The lowest BCUT2D eigenvalue weighted by molar-refractivity contribution is 0.175. The van der Waals surface area contributed by atoms with Gasteiger partial charge in [0.25, 0.3) is 0 Å². The molecule has 0 saturated carbocycles. The highest BCUT2D eigenvalue weighted by atomic mass is 35.5. The van der Waals surface area contributed by atoms with E-state index in [4.69, 9.17) is 11.6 Å². The Morgan fingerprint density at radius 1 is 1.45 bits per heavy atom. The predicted octanol–water partition coefficient (Wildman–Crippen LogP) is 2.49. The first-order chi connectivity index (χ1) is 5.34. The van der Waals surface area contributed by atoms with Gasteiger partial charge in [0, 0.05) is 11.9 Å². The maximum Gasteiger partial charge on any atom is 0.0224 e. The fraction of sp³-hybridized carbons (Fsp3) is 1.00. The van der Waals surface area contributed by atoms with E-state index in [9.17, 15) is 0 Å². The lowest BCUT2D eigenvalue weighted by Gasteiger charge is -2.32. The van der Waals surface area contributed by atoms with Gasteiger partial charge in [-0.1, -0.05) is 6.42 Å². The molecule has 2 heteroatoms. The normalized spacial score (nSPS) is 27.3. The molecule has 1 aliphatic heterocycles. The summed E-state index contributed by atoms with van der Waals surface area (Å²) in [5.74, 6) is 0.824. The number of piperidine rings is 1. The summed E-state index contributed by atoms with van der Waals surface area (Å²) in [6.45, 7) is 1.28. The van der Waals surface area contributed by atoms with E-state index in [1.165, 1.54) is 38.6 Å². The average Bonchev–Trinajstić information content (AvgIpc) is 2.03. The first-order valence-corrected chi connectivity index (χ1v) is 5.14. The zero-order valence-electron chi connectivity index (χ0n) is 7.35. The molecule has 0 bridgehead atoms. The Morgan fingerprint density at radius 2 is 2.27 bits per heavy atom. The van der Waals surface area contributed by atoms with E-state index in [-0.39, 0.29) is 0 Å². The second-order valence-corrected chi connectivity index (χ2v) is 3.84. The van der Waals surface area contributed by atoms with Crippen LogP contribution in [0, 0.1) is 0 Å². The van der Waals surface area contributed by atoms with Crippen LogP contribution in [-0.4, -0.2) is 30.4 Å². The molecule has 1 fully saturated rings. The molecule has 0 aromatic heterocycles. The quantitative estimate of drug-likeness (QED) is 0.596. The zero-order chi connectivity index (χ0) is 8.10. The molecule has 1 heterocycles. The Morgan fingerprint density at radius 3 is 2.91 bits per heavy atom. The number of likely N-dealkylation sites (tertiary alicyclic amines) is 1. The summed E-state index contributed by atoms with van der Waals surface area (Å²) in [5.41, 5.74) is 0. The van der Waals surface area contributed by atoms with Crippen molar-refractivity contribution < 1.29 is 0 Å². The van der Waals surface area contributed by atoms with Gasteiger partial charge in [-0.15, -0.1) is 11.6 Å². The van der Waals surface area contributed by atoms with Crippen LogP contribution in [0.15, 0.2) is 0 Å². The summed E-state index contributed by atoms with van der Waals surface area (Å²) < 4.78 is 0. The van der Waals surface area contributed by atoms with Crippen molar-refractivity contribution in [3.05, 3.63) is 0 Å². The van der Waals surface area contributed by atoms with Gasteiger partial charge in [-0.05, 0) is 39.3 Å². The molecule has 1 nitrogen and oxygen atoms in total. The molecule has 66 valence electrons. The largest absolute Gasteiger partial charge is 0.303 e. The topological polar surface area (TPSA) is 3.24 Å². The maximum atomic E-state index is 5.65. The second-order valence-electron chi connectivity index (χ2n) is 3.46. The summed E-state index contributed by atoms with van der Waals surface area (Å²) in [5, 5.41) is 0. The predicted molar refractivity (Wildman–Crippen MR) is 50.2 cm³/mol. The molecule has 0 amide bonds. The van der Waals surface area contributed by atoms with E-state index in [1.54, 1.807) is 0 Å². The Hall–Kier alpha value is 0.250. The third kappa shape index (κ3) is 3.00. The van der Waals surface area contributed by atoms with Gasteiger partial charge in [-0.2, -0.15) is 0 Å². The van der Waals surface area contributed by atoms with Gasteiger partial charge in [-0.25, -0.2) is 0 Å². The molecule has 1 aliphatic rings. The molecule has 11 heavy (non-hydrogen) atoms. The summed E-state index contributed by atoms with van der Waals surface area (Å²) in [7, 11) is 2.23. The van der Waals surface area contributed by atoms with Crippen molar-refractivity contribution in [2.75, 3.05) is 19.5 Å². The average molecular weight is 176 g/mol. The van der Waals surface area contributed by atoms with E-state index in [2.05, 4.69) is 11.9 Å². The van der Waals surface area contributed by atoms with Crippen molar-refractivity contribution in [1.29, 1.82) is 0 Å². The molecule has 0 radical (unpaired) electrons. The van der Waals surface area contributed by atoms with E-state index >= 15 is 0 Å². The van der Waals surface area contributed by atoms with E-state index in [0.717, 1.165) is 11.9 Å². The smallest absolute Gasteiger partial charge is 0.0224 e. The highest BCUT2D eigenvalue weighted by molar-refractivity contribution is 6.17. The number of hydrogen-bond donors (Lipinski definition) is 0. The Bertz CT molecular complexity index is 106. The van der Waals surface area contributed by atoms with Crippen LogP contribution in [-0.2, 0) is 0 Å². The summed E-state index contributed by atoms with van der Waals surface area (Å²) >= 11 is 5.65. The van der Waals surface area contributed by atoms with Gasteiger partial charge in [0.2, 0.25) is 0 Å². The van der Waals surface area contributed by atoms with Crippen LogP contribution in [0.3, 0.4) is 0 Å². The Kier molecular flexibility index (Phi) is 4.24. The third-order valence-electron chi connectivity index (χ3n) is 2.59. The Balaban J connectivity index is 2.18. The fourth-order valence-corrected chi connectivity index (χ4v) is 1.98. The summed E-state index contributed by atoms with van der Waals surface area (Å²) in [6.07, 6.45) is 6.65. The molecule has 0 aliphatic carbocycles. The van der Waals surface area contributed by atoms with Crippen molar-refractivity contribution in [3.63, 3.8) is 0 Å². The fourth-order valence-electron chi connectivity index (χ4n) is 1.82. The van der Waals surface area contributed by atoms with E-state index in [0.29, 0.717) is 0 Å². The molecular formula is C9H18ClN. The van der Waals surface area contributed by atoms with Crippen molar-refractivity contribution in [3.8, 4) is 0 Å². The summed E-state index contributed by atoms with van der Waals surface area (Å²) in [4.78, 5) is 2.48. The molecular weight excluding hydrogens is 158 g/mol. The number of hydrogen-bond acceptors (Lipinski definition) is 1. The lowest BCUT2D eigenvalue weighted by Crippen LogP contribution is -2.36. The highest BCUT2D eigenvalue weighted by Crippen LogP contribution is 2.18. The number of halogens is 1. The van der Waals surface area contributed by atoms with Crippen molar-refractivity contribution in [1.82, 2.24) is 4.90 Å². The van der Waals surface area contributed by atoms with Crippen molar-refractivity contribution >= 4 is 11.6 Å². The van der Waals surface area contributed by atoms with Crippen LogP contribution in [0.1, 0.15) is 32.1 Å². The van der Waals surface area contributed by atoms with Gasteiger partial charge in [-0.3, -0.25) is 0 Å². The van der Waals surface area contributed by atoms with E-state index in [1.807, 2.05) is 0 Å². The monoisotopic (exact) mass is 175 g/mol. The van der Waals surface area contributed by atoms with E-state index < -0.39 is 0 Å². The Labute approximate surface area is 74.7 Å². The second kappa shape index (κ2) is 5.00. The van der Waals surface area contributed by atoms with Crippen LogP contribution in [0.5, 0.6) is 0 Å². The molecule has 1 rings (SSSR count). The van der Waals surface area contributed by atoms with Gasteiger partial charge in [0.1, 0.15) is 0 Å². The van der Waals surface area contributed by atoms with Crippen LogP contribution in [0.4, 0.5) is 0 Å². The first-order valence-electron chi connectivity index (χ1n) is 4.61. The van der Waals surface area contributed by atoms with Crippen molar-refractivity contribution in [2.45, 2.75) is 38.1 Å². The lowest BCUT2D eigenvalue weighted by atomic mass is 9.99. The molecule has 0 N–H and O–H groups in total. The number of alkyl halides is 1. The van der Waals surface area contributed by atoms with Crippen LogP contribution < -0.4 is 0 Å². The molecule has 1 atom stereocenters. The standard InChI is InChI=1S/C9H18ClN/c1-11-8-3-2-5-9(11)6-4-7-10/h9H,2-8H2,1H3. The number of rotatable bonds is 3. The zero-order valence-corrected chi connectivity index (χ0v) is 8.11. The minimum atomic E-state index is 0.822. The third-order valence-corrected chi connectivity index (χ3v) is 2.86. The molecule has 0 spiro atoms. The highest BCUT2D eigenvalue weighted by Gasteiger charge is 2.17. The molecule has 1 unspecified atom stereocenters.